The van der Waals surface area contributed by atoms with Crippen LogP contribution in [0.25, 0.3) is 0 Å². The van der Waals surface area contributed by atoms with Crippen molar-refractivity contribution >= 4 is 8.54 Å². The van der Waals surface area contributed by atoms with E-state index in [2.05, 4.69) is 73.3 Å². The van der Waals surface area contributed by atoms with Gasteiger partial charge in [0.05, 0.1) is 0 Å². The van der Waals surface area contributed by atoms with Crippen molar-refractivity contribution in [3.63, 3.8) is 0 Å². The molecule has 10 rings (SSSR count). The first-order chi connectivity index (χ1) is 22.3. The zero-order chi connectivity index (χ0) is 32.6. The third kappa shape index (κ3) is 3.15. The van der Waals surface area contributed by atoms with E-state index < -0.39 is 27.6 Å². The van der Waals surface area contributed by atoms with Crippen LogP contribution in [0.15, 0.2) is 59.8 Å². The summed E-state index contributed by atoms with van der Waals surface area (Å²) in [6.45, 7) is 14.0. The Morgan fingerprint density at radius 3 is 1.09 bits per heavy atom. The fraction of sp³-hybridized carbons (Fsp3) is 0.471. The Morgan fingerprint density at radius 1 is 0.558 bits per heavy atom. The maximum atomic E-state index is 9.53. The van der Waals surface area contributed by atoms with Crippen molar-refractivity contribution in [2.45, 2.75) is 76.5 Å². The van der Waals surface area contributed by atoms with E-state index in [9.17, 15) is 5.48 Å². The molecule has 8 aliphatic heterocycles. The van der Waals surface area contributed by atoms with Crippen LogP contribution >= 0.6 is 0 Å². The molecule has 43 heavy (non-hydrogen) atoms. The zero-order valence-electron chi connectivity index (χ0n) is 29.0. The molecule has 9 heteroatoms. The molecule has 8 nitrogen and oxygen atoms in total. The van der Waals surface area contributed by atoms with Crippen molar-refractivity contribution < 1.29 is 41.2 Å². The van der Waals surface area contributed by atoms with Crippen molar-refractivity contribution in [1.82, 2.24) is 19.6 Å². The van der Waals surface area contributed by atoms with Gasteiger partial charge in [0.25, 0.3) is 0 Å². The molecule has 4 unspecified atom stereocenters. The normalized spacial score (nSPS) is 30.3. The second kappa shape index (κ2) is 7.86. The predicted octanol–water partition coefficient (Wildman–Crippen LogP) is 5.04. The van der Waals surface area contributed by atoms with Gasteiger partial charge in [0.2, 0.25) is 0 Å². The van der Waals surface area contributed by atoms with Crippen LogP contribution < -0.4 is 0 Å². The Bertz CT molecular complexity index is 1770. The van der Waals surface area contributed by atoms with E-state index in [1.165, 1.54) is 0 Å². The van der Waals surface area contributed by atoms with E-state index >= 15 is 0 Å². The Kier molecular flexibility index (Phi) is 3.91. The average Bonchev–Trinajstić information content (AvgIpc) is 3.79. The molecule has 0 N–H and O–H groups in total. The third-order valence-corrected chi connectivity index (χ3v) is 12.9. The van der Waals surface area contributed by atoms with Crippen LogP contribution in [0.2, 0.25) is 0 Å². The number of nitrogens with zero attached hydrogens (tertiary/aromatic N) is 4. The Morgan fingerprint density at radius 2 is 0.837 bits per heavy atom. The van der Waals surface area contributed by atoms with E-state index in [4.69, 9.17) is 18.9 Å². The molecule has 2 aromatic rings. The predicted molar refractivity (Wildman–Crippen MR) is 156 cm³/mol. The van der Waals surface area contributed by atoms with Gasteiger partial charge in [-0.25, -0.2) is 0 Å². The van der Waals surface area contributed by atoms with E-state index in [0.29, 0.717) is 74.1 Å². The third-order valence-electron chi connectivity index (χ3n) is 9.54. The Hall–Kier alpha value is -3.29. The SMILES string of the molecule is [2H]c1c2cc(c([2H])c1C(C)(C)C)C1COC3=C4OCC5c6cc(c([2H])c(C(C)(C)C)c6[2H])C6COC7=C8OCC2N8[C](=[Ir]=[C](N31)N45)N76. The van der Waals surface area contributed by atoms with Crippen LogP contribution in [0.3, 0.4) is 0 Å². The van der Waals surface area contributed by atoms with Gasteiger partial charge < -0.3 is 0 Å². The van der Waals surface area contributed by atoms with Crippen LogP contribution in [-0.4, -0.2) is 54.6 Å². The molecule has 0 spiro atoms. The number of fused-ring (bicyclic) bond motifs is 8. The number of hydrogen-bond acceptors (Lipinski definition) is 8. The molecule has 4 fully saturated rings. The minimum absolute atomic E-state index is 0.262. The van der Waals surface area contributed by atoms with E-state index in [0.717, 1.165) is 41.9 Å². The second-order valence-electron chi connectivity index (χ2n) is 14.4. The minimum atomic E-state index is -1.18. The topological polar surface area (TPSA) is 49.9 Å². The molecule has 225 valence electrons. The number of ether oxygens (including phenoxy) is 4. The summed E-state index contributed by atoms with van der Waals surface area (Å²) in [5.41, 5.74) is 3.97. The van der Waals surface area contributed by atoms with E-state index in [1.807, 2.05) is 0 Å². The van der Waals surface area contributed by atoms with Gasteiger partial charge in [-0.05, 0) is 0 Å². The standard InChI is InChI=1S/C34H36N4O4.Ir/c1-33(2,3)23-9-19-7-20(10-23)26-14-40-30-32-38(18-36(26)30)28(16-42-32)22-8-21(11-24(12-22)34(4,5)6)27-15-41-31-29-35(17-37(27)31)25(19)13-39-29;/h7-12,25-28H,13-16H2,1-6H3;/i9D,10D,11D,12D;. The summed E-state index contributed by atoms with van der Waals surface area (Å²) in [5, 5.41) is 0. The van der Waals surface area contributed by atoms with Crippen LogP contribution in [0.5, 0.6) is 0 Å². The molecular weight excluding hydrogens is 721 g/mol. The average molecular weight is 761 g/mol. The Balaban J connectivity index is 1.33. The summed E-state index contributed by atoms with van der Waals surface area (Å²) >= 11 is -1.18. The number of hydrogen-bond donors (Lipinski definition) is 0. The molecule has 2 aromatic carbocycles. The maximum absolute atomic E-state index is 9.53. The fourth-order valence-corrected chi connectivity index (χ4v) is 11.3. The summed E-state index contributed by atoms with van der Waals surface area (Å²) in [4.78, 5) is 9.05. The van der Waals surface area contributed by atoms with Crippen molar-refractivity contribution in [3.8, 4) is 0 Å². The number of benzene rings is 2. The first-order valence-electron chi connectivity index (χ1n) is 17.1. The summed E-state index contributed by atoms with van der Waals surface area (Å²) in [7, 11) is 0. The summed E-state index contributed by atoms with van der Waals surface area (Å²) in [6, 6.07) is 4.63. The first kappa shape index (κ1) is 21.4. The summed E-state index contributed by atoms with van der Waals surface area (Å²) in [5.74, 6) is 2.67. The van der Waals surface area contributed by atoms with Crippen molar-refractivity contribution in [2.24, 2.45) is 0 Å². The first-order valence-corrected chi connectivity index (χ1v) is 17.5. The molecule has 0 aromatic heterocycles. The number of rotatable bonds is 0. The van der Waals surface area contributed by atoms with Crippen molar-refractivity contribution in [3.05, 3.63) is 93.2 Å². The Labute approximate surface area is 265 Å². The van der Waals surface area contributed by atoms with Gasteiger partial charge in [-0.2, -0.15) is 0 Å². The van der Waals surface area contributed by atoms with Gasteiger partial charge >= 0.3 is 266 Å². The quantitative estimate of drug-likeness (QED) is 0.371. The molecule has 0 saturated carbocycles. The fourth-order valence-electron chi connectivity index (χ4n) is 7.20. The molecule has 4 atom stereocenters. The van der Waals surface area contributed by atoms with Crippen molar-refractivity contribution in [1.29, 1.82) is 0 Å². The van der Waals surface area contributed by atoms with Gasteiger partial charge in [0.15, 0.2) is 0 Å². The molecule has 8 aliphatic rings. The van der Waals surface area contributed by atoms with Gasteiger partial charge in [-0.15, -0.1) is 0 Å². The van der Waals surface area contributed by atoms with E-state index in [-0.39, 0.29) is 24.2 Å². The molecule has 0 amide bonds. The molecular formula is C34H36IrN4O4. The molecule has 8 heterocycles. The molecule has 0 aliphatic carbocycles. The van der Waals surface area contributed by atoms with Gasteiger partial charge in [-0.3, -0.25) is 0 Å². The van der Waals surface area contributed by atoms with Crippen molar-refractivity contribution in [2.75, 3.05) is 26.4 Å². The molecule has 0 radical (unpaired) electrons. The van der Waals surface area contributed by atoms with Crippen LogP contribution in [0, 0.1) is 0 Å². The molecule has 4 saturated heterocycles. The van der Waals surface area contributed by atoms with Gasteiger partial charge in [0.1, 0.15) is 0 Å². The van der Waals surface area contributed by atoms with Crippen LogP contribution in [0.4, 0.5) is 0 Å². The van der Waals surface area contributed by atoms with Crippen LogP contribution in [0.1, 0.15) is 105 Å². The molecule has 6 bridgehead atoms. The summed E-state index contributed by atoms with van der Waals surface area (Å²) < 4.78 is 66.4. The van der Waals surface area contributed by atoms with E-state index in [1.54, 1.807) is 0 Å². The summed E-state index contributed by atoms with van der Waals surface area (Å²) in [6.07, 6.45) is 0. The van der Waals surface area contributed by atoms with Gasteiger partial charge in [0, 0.05) is 0 Å². The zero-order valence-corrected chi connectivity index (χ0v) is 27.4. The monoisotopic (exact) mass is 761 g/mol. The van der Waals surface area contributed by atoms with Gasteiger partial charge in [-0.1, -0.05) is 0 Å². The second-order valence-corrected chi connectivity index (χ2v) is 17.2. The van der Waals surface area contributed by atoms with Crippen LogP contribution in [-0.2, 0) is 46.6 Å².